The fraction of sp³-hybridized carbons (Fsp3) is 0.500. The summed E-state index contributed by atoms with van der Waals surface area (Å²) in [4.78, 5) is 12.5. The zero-order valence-electron chi connectivity index (χ0n) is 11.6. The van der Waals surface area contributed by atoms with E-state index in [1.165, 1.54) is 0 Å². The third-order valence-corrected chi connectivity index (χ3v) is 3.89. The number of hydrogen-bond donors (Lipinski definition) is 0. The van der Waals surface area contributed by atoms with Crippen molar-refractivity contribution in [2.45, 2.75) is 24.7 Å². The summed E-state index contributed by atoms with van der Waals surface area (Å²) in [6.45, 7) is 4.03. The molecule has 21 heavy (non-hydrogen) atoms. The first-order valence-electron chi connectivity index (χ1n) is 6.54. The maximum absolute atomic E-state index is 12.0. The van der Waals surface area contributed by atoms with Gasteiger partial charge in [-0.05, 0) is 31.0 Å². The largest absolute Gasteiger partial charge is 0.382 e. The number of halogens is 4. The Morgan fingerprint density at radius 3 is 2.57 bits per heavy atom. The Kier molecular flexibility index (Phi) is 8.76. The van der Waals surface area contributed by atoms with Gasteiger partial charge >= 0.3 is 0 Å². The van der Waals surface area contributed by atoms with E-state index in [2.05, 4.69) is 0 Å². The topological polar surface area (TPSA) is 29.5 Å². The molecule has 0 heterocycles. The van der Waals surface area contributed by atoms with Crippen LogP contribution in [0.3, 0.4) is 0 Å². The molecule has 0 radical (unpaired) electrons. The summed E-state index contributed by atoms with van der Waals surface area (Å²) < 4.78 is 5.27. The molecule has 0 aliphatic carbocycles. The molecule has 1 aromatic carbocycles. The lowest BCUT2D eigenvalue weighted by Gasteiger charge is -2.23. The van der Waals surface area contributed by atoms with Crippen LogP contribution in [-0.2, 0) is 16.1 Å². The van der Waals surface area contributed by atoms with E-state index < -0.39 is 4.84 Å². The molecule has 1 rings (SSSR count). The van der Waals surface area contributed by atoms with E-state index in [1.807, 2.05) is 13.0 Å². The molecule has 118 valence electrons. The fourth-order valence-electron chi connectivity index (χ4n) is 1.77. The summed E-state index contributed by atoms with van der Waals surface area (Å²) in [5.74, 6) is -0.332. The molecule has 0 atom stereocenters. The number of carbonyl (C=O) groups is 1. The molecule has 0 aliphatic heterocycles. The number of carbonyl (C=O) groups excluding carboxylic acids is 1. The van der Waals surface area contributed by atoms with E-state index in [1.54, 1.807) is 17.0 Å². The van der Waals surface area contributed by atoms with Crippen molar-refractivity contribution in [2.75, 3.05) is 19.8 Å². The maximum atomic E-state index is 12.0. The molecule has 0 fully saturated rings. The molecule has 0 spiro atoms. The number of hydrogen-bond acceptors (Lipinski definition) is 2. The van der Waals surface area contributed by atoms with Crippen LogP contribution >= 0.6 is 46.4 Å². The van der Waals surface area contributed by atoms with Gasteiger partial charge in [-0.3, -0.25) is 4.79 Å². The molecule has 1 aromatic rings. The van der Waals surface area contributed by atoms with Crippen LogP contribution in [0.15, 0.2) is 18.2 Å². The second-order valence-electron chi connectivity index (χ2n) is 4.36. The van der Waals surface area contributed by atoms with Crippen LogP contribution in [0.5, 0.6) is 0 Å². The molecule has 7 heteroatoms. The van der Waals surface area contributed by atoms with Crippen molar-refractivity contribution in [1.82, 2.24) is 4.90 Å². The number of nitrogens with zero attached hydrogens (tertiary/aromatic N) is 1. The van der Waals surface area contributed by atoms with Crippen LogP contribution in [0.25, 0.3) is 0 Å². The first kappa shape index (κ1) is 18.9. The van der Waals surface area contributed by atoms with Crippen LogP contribution in [0.2, 0.25) is 10.0 Å². The van der Waals surface area contributed by atoms with Gasteiger partial charge in [-0.2, -0.15) is 0 Å². The predicted molar refractivity (Wildman–Crippen MR) is 88.5 cm³/mol. The zero-order valence-corrected chi connectivity index (χ0v) is 14.6. The Labute approximate surface area is 145 Å². The van der Waals surface area contributed by atoms with Gasteiger partial charge in [0.25, 0.3) is 5.91 Å². The smallest absolute Gasteiger partial charge is 0.256 e. The van der Waals surface area contributed by atoms with Gasteiger partial charge < -0.3 is 9.64 Å². The third kappa shape index (κ3) is 6.62. The van der Waals surface area contributed by atoms with Gasteiger partial charge in [0.1, 0.15) is 0 Å². The second kappa shape index (κ2) is 9.75. The standard InChI is InChI=1S/C14H17Cl4NO2/c1-2-21-7-3-6-19(14(20)13(17)18)9-10-4-5-11(15)12(16)8-10/h4-5,8,13H,2-3,6-7,9H2,1H3. The zero-order chi connectivity index (χ0) is 15.8. The highest BCUT2D eigenvalue weighted by atomic mass is 35.5. The molecule has 1 amide bonds. The molecule has 0 bridgehead atoms. The summed E-state index contributed by atoms with van der Waals surface area (Å²) in [6.07, 6.45) is 0.710. The average Bonchev–Trinajstić information content (AvgIpc) is 2.45. The Hall–Kier alpha value is -0.190. The lowest BCUT2D eigenvalue weighted by Crippen LogP contribution is -2.35. The van der Waals surface area contributed by atoms with Crippen LogP contribution in [0.1, 0.15) is 18.9 Å². The third-order valence-electron chi connectivity index (χ3n) is 2.78. The van der Waals surface area contributed by atoms with E-state index in [4.69, 9.17) is 51.1 Å². The molecule has 3 nitrogen and oxygen atoms in total. The summed E-state index contributed by atoms with van der Waals surface area (Å²) in [7, 11) is 0. The second-order valence-corrected chi connectivity index (χ2v) is 6.27. The van der Waals surface area contributed by atoms with Gasteiger partial charge in [0, 0.05) is 26.3 Å². The lowest BCUT2D eigenvalue weighted by atomic mass is 10.2. The summed E-state index contributed by atoms with van der Waals surface area (Å²) in [5.41, 5.74) is 0.864. The maximum Gasteiger partial charge on any atom is 0.256 e. The summed E-state index contributed by atoms with van der Waals surface area (Å²) in [5, 5.41) is 0.923. The molecular formula is C14H17Cl4NO2. The predicted octanol–water partition coefficient (Wildman–Crippen LogP) is 4.55. The van der Waals surface area contributed by atoms with Crippen LogP contribution in [0, 0.1) is 0 Å². The van der Waals surface area contributed by atoms with Crippen molar-refractivity contribution in [1.29, 1.82) is 0 Å². The Balaban J connectivity index is 2.71. The minimum absolute atomic E-state index is 0.332. The van der Waals surface area contributed by atoms with Gasteiger partial charge in [-0.25, -0.2) is 0 Å². The molecule has 0 saturated heterocycles. The van der Waals surface area contributed by atoms with Crippen molar-refractivity contribution in [3.8, 4) is 0 Å². The lowest BCUT2D eigenvalue weighted by molar-refractivity contribution is -0.130. The minimum Gasteiger partial charge on any atom is -0.382 e. The van der Waals surface area contributed by atoms with Gasteiger partial charge in [0.15, 0.2) is 4.84 Å². The minimum atomic E-state index is -1.08. The normalized spacial score (nSPS) is 11.0. The fourth-order valence-corrected chi connectivity index (χ4v) is 2.36. The molecule has 0 N–H and O–H groups in total. The quantitative estimate of drug-likeness (QED) is 0.494. The molecule has 0 aliphatic rings. The number of rotatable bonds is 8. The van der Waals surface area contributed by atoms with Gasteiger partial charge in [0.05, 0.1) is 10.0 Å². The first-order chi connectivity index (χ1) is 9.95. The van der Waals surface area contributed by atoms with Crippen LogP contribution in [0.4, 0.5) is 0 Å². The molecule has 0 unspecified atom stereocenters. The van der Waals surface area contributed by atoms with Crippen molar-refractivity contribution >= 4 is 52.3 Å². The van der Waals surface area contributed by atoms with Crippen molar-refractivity contribution < 1.29 is 9.53 Å². The van der Waals surface area contributed by atoms with E-state index in [0.29, 0.717) is 42.8 Å². The Morgan fingerprint density at radius 1 is 1.29 bits per heavy atom. The van der Waals surface area contributed by atoms with Gasteiger partial charge in [0.2, 0.25) is 0 Å². The van der Waals surface area contributed by atoms with Gasteiger partial charge in [-0.1, -0.05) is 52.5 Å². The first-order valence-corrected chi connectivity index (χ1v) is 8.17. The Morgan fingerprint density at radius 2 is 2.00 bits per heavy atom. The Bertz CT molecular complexity index is 468. The van der Waals surface area contributed by atoms with E-state index in [0.717, 1.165) is 5.56 Å². The number of amides is 1. The van der Waals surface area contributed by atoms with E-state index in [9.17, 15) is 4.79 Å². The van der Waals surface area contributed by atoms with Crippen LogP contribution in [-0.4, -0.2) is 35.4 Å². The number of ether oxygens (including phenoxy) is 1. The monoisotopic (exact) mass is 371 g/mol. The van der Waals surface area contributed by atoms with Gasteiger partial charge in [-0.15, -0.1) is 0 Å². The number of benzene rings is 1. The van der Waals surface area contributed by atoms with E-state index in [-0.39, 0.29) is 5.91 Å². The summed E-state index contributed by atoms with van der Waals surface area (Å²) in [6, 6.07) is 5.24. The highest BCUT2D eigenvalue weighted by molar-refractivity contribution is 6.53. The highest BCUT2D eigenvalue weighted by Gasteiger charge is 2.20. The van der Waals surface area contributed by atoms with Crippen LogP contribution < -0.4 is 0 Å². The van der Waals surface area contributed by atoms with Crippen molar-refractivity contribution in [3.05, 3.63) is 33.8 Å². The highest BCUT2D eigenvalue weighted by Crippen LogP contribution is 2.23. The SMILES string of the molecule is CCOCCCN(Cc1ccc(Cl)c(Cl)c1)C(=O)C(Cl)Cl. The van der Waals surface area contributed by atoms with Crippen molar-refractivity contribution in [3.63, 3.8) is 0 Å². The van der Waals surface area contributed by atoms with E-state index >= 15 is 0 Å². The molecule has 0 aromatic heterocycles. The molecule has 0 saturated carbocycles. The van der Waals surface area contributed by atoms with Crippen molar-refractivity contribution in [2.24, 2.45) is 0 Å². The molecular weight excluding hydrogens is 356 g/mol. The average molecular weight is 373 g/mol. The summed E-state index contributed by atoms with van der Waals surface area (Å²) >= 11 is 23.2. The number of alkyl halides is 2.